The molecule has 7 N–H and O–H groups in total. The molecule has 0 saturated carbocycles. The molecule has 0 amide bonds. The van der Waals surface area contributed by atoms with Gasteiger partial charge in [0.15, 0.2) is 46.6 Å². The van der Waals surface area contributed by atoms with Crippen LogP contribution in [0.4, 0.5) is 24.9 Å². The van der Waals surface area contributed by atoms with Gasteiger partial charge in [-0.25, -0.2) is 19.3 Å². The molecule has 0 radical (unpaired) electrons. The number of nitrogens with zero attached hydrogens (tertiary/aromatic N) is 8. The summed E-state index contributed by atoms with van der Waals surface area (Å²) in [6.07, 6.45) is -11.2. The van der Waals surface area contributed by atoms with Gasteiger partial charge in [0.1, 0.15) is 31.7 Å². The van der Waals surface area contributed by atoms with Crippen molar-refractivity contribution in [3.8, 4) is 0 Å². The van der Waals surface area contributed by atoms with Crippen LogP contribution in [0.15, 0.2) is 17.4 Å². The maximum Gasteiger partial charge on any atom is 0.476 e. The highest BCUT2D eigenvalue weighted by molar-refractivity contribution is 8.47. The second kappa shape index (κ2) is 11.3. The molecule has 27 heteroatoms. The van der Waals surface area contributed by atoms with Crippen LogP contribution >= 0.6 is 38.8 Å². The number of aromatic nitrogens is 9. The summed E-state index contributed by atoms with van der Waals surface area (Å²) in [4.78, 5) is 52.1. The van der Waals surface area contributed by atoms with Crippen LogP contribution in [0.1, 0.15) is 12.5 Å². The standard InChI is InChI=1S/C19H21F3N11O9P2S2/c20-7-5-1-37-44(36,46)42-11-6(40-17(19(11,21)22)33-13-8(30-31-33)12(23)25-3-26-13)2-38-43(35,45)41-10(7)16(39-5)32-4-27-9-14(32)28-18(24)29-15(9)34/h3-7,10-11,16-17,35-36,45-46H,1-2H2,(H4-,23,24,25,26,28,29,31,34)/q+1/p+1/t5-,6-,7-,10-,11-,16-,17-,43?,44?/m1/s1. The zero-order valence-corrected chi connectivity index (χ0v) is 26.1. The van der Waals surface area contributed by atoms with E-state index in [2.05, 4.69) is 59.7 Å². The van der Waals surface area contributed by atoms with E-state index in [1.165, 1.54) is 0 Å². The number of nitrogens with one attached hydrogen (secondary N) is 1. The third kappa shape index (κ3) is 5.46. The molecule has 7 heterocycles. The van der Waals surface area contributed by atoms with Gasteiger partial charge in [0.25, 0.3) is 5.56 Å². The van der Waals surface area contributed by atoms with Gasteiger partial charge in [-0.1, -0.05) is 5.21 Å². The predicted octanol–water partition coefficient (Wildman–Crippen LogP) is 0.304. The topological polar surface area (TPSA) is 268 Å². The number of anilines is 2. The third-order valence-electron chi connectivity index (χ3n) is 7.17. The van der Waals surface area contributed by atoms with Crippen LogP contribution < -0.4 is 17.0 Å². The van der Waals surface area contributed by atoms with Crippen molar-refractivity contribution in [2.75, 3.05) is 24.7 Å². The molecule has 2 unspecified atom stereocenters. The second-order valence-corrected chi connectivity index (χ2v) is 16.1. The van der Waals surface area contributed by atoms with E-state index >= 15 is 13.2 Å². The van der Waals surface area contributed by atoms with E-state index in [4.69, 9.17) is 39.0 Å². The van der Waals surface area contributed by atoms with Gasteiger partial charge >= 0.3 is 20.2 Å². The summed E-state index contributed by atoms with van der Waals surface area (Å²) >= 11 is 7.96. The van der Waals surface area contributed by atoms with Crippen LogP contribution in [0.25, 0.3) is 22.3 Å². The Hall–Kier alpha value is -2.54. The highest BCUT2D eigenvalue weighted by atomic mass is 32.7. The first-order valence-electron chi connectivity index (χ1n) is 12.9. The zero-order chi connectivity index (χ0) is 32.8. The lowest BCUT2D eigenvalue weighted by molar-refractivity contribution is -0.140. The minimum atomic E-state index is -4.50. The van der Waals surface area contributed by atoms with Crippen LogP contribution in [0.5, 0.6) is 0 Å². The van der Waals surface area contributed by atoms with Crippen molar-refractivity contribution >= 4 is 72.9 Å². The van der Waals surface area contributed by atoms with Crippen molar-refractivity contribution in [1.82, 2.24) is 44.5 Å². The number of hydrogen-bond donors (Lipinski definition) is 7. The highest BCUT2D eigenvalue weighted by Crippen LogP contribution is 2.68. The summed E-state index contributed by atoms with van der Waals surface area (Å²) in [6, 6.07) is 0. The maximum absolute atomic E-state index is 16.0. The lowest BCUT2D eigenvalue weighted by atomic mass is 10.1. The number of aromatic amines is 1. The number of thiol groups is 2. The van der Waals surface area contributed by atoms with Crippen molar-refractivity contribution < 1.29 is 50.5 Å². The molecule has 3 saturated heterocycles. The summed E-state index contributed by atoms with van der Waals surface area (Å²) < 4.78 is 82.5. The van der Waals surface area contributed by atoms with E-state index in [1.807, 2.05) is 0 Å². The summed E-state index contributed by atoms with van der Waals surface area (Å²) in [7, 11) is -8.89. The van der Waals surface area contributed by atoms with Crippen molar-refractivity contribution in [3.63, 3.8) is 0 Å². The van der Waals surface area contributed by atoms with Gasteiger partial charge in [-0.3, -0.25) is 14.3 Å². The number of hydrogen-bond acceptors (Lipinski definition) is 19. The quantitative estimate of drug-likeness (QED) is 0.108. The number of nitrogen functional groups attached to an aromatic ring is 2. The first kappa shape index (κ1) is 32.0. The molecule has 20 nitrogen and oxygen atoms in total. The number of imidazole rings is 1. The number of rotatable bonds is 2. The Morgan fingerprint density at radius 2 is 1.74 bits per heavy atom. The van der Waals surface area contributed by atoms with Gasteiger partial charge in [-0.15, -0.1) is 5.10 Å². The zero-order valence-electron chi connectivity index (χ0n) is 22.5. The van der Waals surface area contributed by atoms with Gasteiger partial charge in [-0.05, 0) is 0 Å². The average molecular weight is 732 g/mol. The van der Waals surface area contributed by atoms with E-state index in [0.29, 0.717) is 4.68 Å². The predicted molar refractivity (Wildman–Crippen MR) is 156 cm³/mol. The minimum absolute atomic E-state index is 0.0919. The lowest BCUT2D eigenvalue weighted by Gasteiger charge is -2.24. The maximum atomic E-state index is 16.0. The largest absolute Gasteiger partial charge is 0.476 e. The number of H-pyrrole nitrogens is 1. The van der Waals surface area contributed by atoms with Crippen LogP contribution in [0, 0.1) is 0 Å². The van der Waals surface area contributed by atoms with Crippen LogP contribution in [0.3, 0.4) is 0 Å². The van der Waals surface area contributed by atoms with Gasteiger partial charge in [0.05, 0.1) is 30.8 Å². The molecule has 2 bridgehead atoms. The van der Waals surface area contributed by atoms with E-state index in [9.17, 15) is 14.6 Å². The van der Waals surface area contributed by atoms with Crippen molar-refractivity contribution in [2.24, 2.45) is 0 Å². The summed E-state index contributed by atoms with van der Waals surface area (Å²) in [5.74, 6) is -4.43. The van der Waals surface area contributed by atoms with Gasteiger partial charge in [0, 0.05) is 0 Å². The Labute approximate surface area is 264 Å². The molecule has 0 aliphatic carbocycles. The smallest absolute Gasteiger partial charge is 0.382 e. The van der Waals surface area contributed by atoms with Gasteiger partial charge in [-0.2, -0.15) is 46.3 Å². The normalized spacial score (nSPS) is 36.7. The second-order valence-electron chi connectivity index (χ2n) is 10.1. The average Bonchev–Trinajstić information content (AvgIpc) is 3.71. The van der Waals surface area contributed by atoms with Crippen molar-refractivity contribution in [2.45, 2.75) is 49.0 Å². The van der Waals surface area contributed by atoms with E-state index < -0.39 is 82.0 Å². The molecule has 3 fully saturated rings. The molecule has 0 spiro atoms. The molecule has 7 rings (SSSR count). The van der Waals surface area contributed by atoms with Gasteiger partial charge in [0.2, 0.25) is 18.3 Å². The molecule has 4 aromatic heterocycles. The van der Waals surface area contributed by atoms with Crippen LogP contribution in [-0.4, -0.2) is 104 Å². The molecule has 3 aliphatic heterocycles. The number of halogens is 3. The molecule has 248 valence electrons. The molecular formula is C19H22F3N11O9P2S2+2. The summed E-state index contributed by atoms with van der Waals surface area (Å²) in [5.41, 5.74) is 10.1. The number of ether oxygens (including phenoxy) is 2. The first-order chi connectivity index (χ1) is 21.6. The molecule has 46 heavy (non-hydrogen) atoms. The SMILES string of the molecule is Nc1nc2c(ncn2[C@@H]2O[C@@H]3CO[P+](O)(S)O[C@@H]4[C@@H](CO[P+](O)(S)O[C@@H]2[C@@H]3F)O[C@@H](n2nnc3c(N)ncnc32)C4(F)F)c(=O)[nH]1. The van der Waals surface area contributed by atoms with E-state index in [1.54, 1.807) is 0 Å². The summed E-state index contributed by atoms with van der Waals surface area (Å²) in [6.45, 7) is -1.71. The highest BCUT2D eigenvalue weighted by Gasteiger charge is 2.68. The monoisotopic (exact) mass is 731 g/mol. The molecular weight excluding hydrogens is 709 g/mol. The number of nitrogens with two attached hydrogens (primary N) is 2. The molecule has 0 aromatic carbocycles. The Kier molecular flexibility index (Phi) is 7.85. The Balaban J connectivity index is 1.22. The van der Waals surface area contributed by atoms with E-state index in [-0.39, 0.29) is 34.1 Å². The molecule has 4 aromatic rings. The fourth-order valence-corrected chi connectivity index (χ4v) is 8.09. The summed E-state index contributed by atoms with van der Waals surface area (Å²) in [5, 5.41) is 7.41. The van der Waals surface area contributed by atoms with Crippen molar-refractivity contribution in [1.29, 1.82) is 0 Å². The fraction of sp³-hybridized carbons (Fsp3) is 0.526. The van der Waals surface area contributed by atoms with Gasteiger partial charge < -0.3 is 20.9 Å². The Bertz CT molecular complexity index is 1870. The fourth-order valence-electron chi connectivity index (χ4n) is 5.14. The Morgan fingerprint density at radius 1 is 1.02 bits per heavy atom. The molecule has 3 aliphatic rings. The molecule has 9 atom stereocenters. The minimum Gasteiger partial charge on any atom is -0.382 e. The first-order valence-corrected chi connectivity index (χ1v) is 18.3. The third-order valence-corrected chi connectivity index (χ3v) is 10.4. The lowest BCUT2D eigenvalue weighted by Crippen LogP contribution is -2.42. The van der Waals surface area contributed by atoms with E-state index in [0.717, 1.165) is 17.2 Å². The van der Waals surface area contributed by atoms with Crippen LogP contribution in [-0.2, 0) is 27.6 Å². The number of fused-ring (bicyclic) bond motifs is 5. The Morgan fingerprint density at radius 3 is 2.50 bits per heavy atom. The van der Waals surface area contributed by atoms with Crippen molar-refractivity contribution in [3.05, 3.63) is 23.0 Å². The number of alkyl halides is 3. The van der Waals surface area contributed by atoms with Crippen LogP contribution in [0.2, 0.25) is 0 Å².